The van der Waals surface area contributed by atoms with E-state index in [1.54, 1.807) is 38.1 Å². The number of carbonyl (C=O) groups is 2. The van der Waals surface area contributed by atoms with E-state index in [-0.39, 0.29) is 11.9 Å². The summed E-state index contributed by atoms with van der Waals surface area (Å²) in [6.45, 7) is 4.36. The predicted molar refractivity (Wildman–Crippen MR) is 265 cm³/mol. The number of benzene rings is 8. The Morgan fingerprint density at radius 1 is 0.328 bits per heavy atom. The number of para-hydroxylation sites is 4. The molecule has 0 radical (unpaired) electrons. The molecule has 8 rings (SSSR count). The smallest absolute Gasteiger partial charge is 0.338 e. The third kappa shape index (κ3) is 12.0. The van der Waals surface area contributed by atoms with Gasteiger partial charge in [0.1, 0.15) is 0 Å². The second kappa shape index (κ2) is 22.6. The van der Waals surface area contributed by atoms with Crippen LogP contribution in [-0.2, 0) is 9.47 Å². The zero-order chi connectivity index (χ0) is 44.4. The van der Waals surface area contributed by atoms with Crippen molar-refractivity contribution in [3.63, 3.8) is 0 Å². The Bertz CT molecular complexity index is 2450. The Balaban J connectivity index is 0.000000191. The number of carbonyl (C=O) groups excluding carboxylic acids is 2. The van der Waals surface area contributed by atoms with Crippen LogP contribution in [0.25, 0.3) is 24.3 Å². The van der Waals surface area contributed by atoms with Crippen LogP contribution in [0.2, 0.25) is 0 Å². The predicted octanol–water partition coefficient (Wildman–Crippen LogP) is 15.0. The highest BCUT2D eigenvalue weighted by Crippen LogP contribution is 2.35. The van der Waals surface area contributed by atoms with Crippen LogP contribution in [0.15, 0.2) is 218 Å². The van der Waals surface area contributed by atoms with E-state index in [2.05, 4.69) is 168 Å². The molecule has 0 aliphatic rings. The summed E-state index contributed by atoms with van der Waals surface area (Å²) in [7, 11) is 0. The molecular formula is C58H50N2O4. The number of esters is 2. The molecule has 0 aliphatic carbocycles. The molecule has 64 heavy (non-hydrogen) atoms. The zero-order valence-corrected chi connectivity index (χ0v) is 36.0. The van der Waals surface area contributed by atoms with Gasteiger partial charge in [0.15, 0.2) is 0 Å². The Morgan fingerprint density at radius 2 is 0.547 bits per heavy atom. The van der Waals surface area contributed by atoms with Gasteiger partial charge in [-0.1, -0.05) is 146 Å². The average molecular weight is 839 g/mol. The number of nitrogens with zero attached hydrogens (tertiary/aromatic N) is 2. The first-order valence-electron chi connectivity index (χ1n) is 21.4. The summed E-state index contributed by atoms with van der Waals surface area (Å²) in [4.78, 5) is 28.0. The standard InChI is InChI=1S/2C29H25NO2/c2*1-2-32-29(31)25-19-15-23(16-20-25)13-14-24-17-21-28(22-18-24)30(26-9-5-3-6-10-26)27-11-7-4-8-12-27/h2*3-22H,2H2,1H3/b2*14-13+. The van der Waals surface area contributed by atoms with Crippen molar-refractivity contribution in [3.8, 4) is 0 Å². The fourth-order valence-electron chi connectivity index (χ4n) is 6.95. The van der Waals surface area contributed by atoms with Gasteiger partial charge >= 0.3 is 11.9 Å². The second-order valence-corrected chi connectivity index (χ2v) is 14.5. The summed E-state index contributed by atoms with van der Waals surface area (Å²) in [5.41, 5.74) is 12.0. The van der Waals surface area contributed by atoms with Crippen molar-refractivity contribution < 1.29 is 19.1 Å². The van der Waals surface area contributed by atoms with Gasteiger partial charge in [-0.3, -0.25) is 0 Å². The van der Waals surface area contributed by atoms with Crippen LogP contribution in [0.4, 0.5) is 34.1 Å². The summed E-state index contributed by atoms with van der Waals surface area (Å²) < 4.78 is 10.1. The van der Waals surface area contributed by atoms with Crippen molar-refractivity contribution in [2.75, 3.05) is 23.0 Å². The first kappa shape index (κ1) is 43.9. The Kier molecular flexibility index (Phi) is 15.5. The highest BCUT2D eigenvalue weighted by molar-refractivity contribution is 5.90. The van der Waals surface area contributed by atoms with Gasteiger partial charge in [-0.05, 0) is 133 Å². The summed E-state index contributed by atoms with van der Waals surface area (Å²) in [6, 6.07) is 73.2. The number of ether oxygens (including phenoxy) is 2. The van der Waals surface area contributed by atoms with Crippen molar-refractivity contribution in [3.05, 3.63) is 252 Å². The van der Waals surface area contributed by atoms with E-state index in [0.29, 0.717) is 24.3 Å². The summed E-state index contributed by atoms with van der Waals surface area (Å²) in [5, 5.41) is 0. The minimum atomic E-state index is -0.292. The molecule has 8 aromatic rings. The monoisotopic (exact) mass is 838 g/mol. The van der Waals surface area contributed by atoms with Crippen LogP contribution in [0.5, 0.6) is 0 Å². The van der Waals surface area contributed by atoms with Gasteiger partial charge in [0, 0.05) is 34.1 Å². The van der Waals surface area contributed by atoms with E-state index in [0.717, 1.165) is 56.4 Å². The van der Waals surface area contributed by atoms with Gasteiger partial charge in [-0.2, -0.15) is 0 Å². The van der Waals surface area contributed by atoms with Gasteiger partial charge in [0.25, 0.3) is 0 Å². The molecule has 0 aromatic heterocycles. The Hall–Kier alpha value is -8.22. The molecule has 0 heterocycles. The molecule has 0 fully saturated rings. The van der Waals surface area contributed by atoms with Gasteiger partial charge in [-0.15, -0.1) is 0 Å². The second-order valence-electron chi connectivity index (χ2n) is 14.5. The summed E-state index contributed by atoms with van der Waals surface area (Å²) >= 11 is 0. The maximum Gasteiger partial charge on any atom is 0.338 e. The first-order valence-corrected chi connectivity index (χ1v) is 21.4. The molecule has 0 atom stereocenters. The lowest BCUT2D eigenvalue weighted by atomic mass is 10.1. The van der Waals surface area contributed by atoms with Crippen molar-refractivity contribution in [1.82, 2.24) is 0 Å². The molecule has 0 spiro atoms. The van der Waals surface area contributed by atoms with Gasteiger partial charge in [-0.25, -0.2) is 9.59 Å². The molecule has 0 bridgehead atoms. The van der Waals surface area contributed by atoms with Crippen molar-refractivity contribution in [2.45, 2.75) is 13.8 Å². The van der Waals surface area contributed by atoms with E-state index in [1.165, 1.54) is 0 Å². The SMILES string of the molecule is CCOC(=O)c1ccc(/C=C/c2ccc(N(c3ccccc3)c3ccccc3)cc2)cc1.CCOC(=O)c1ccc(/C=C/c2ccc(N(c3ccccc3)c3ccccc3)cc2)cc1. The topological polar surface area (TPSA) is 59.1 Å². The molecule has 0 unspecified atom stereocenters. The normalized spacial score (nSPS) is 10.8. The lowest BCUT2D eigenvalue weighted by Gasteiger charge is -2.25. The highest BCUT2D eigenvalue weighted by atomic mass is 16.5. The molecule has 6 nitrogen and oxygen atoms in total. The van der Waals surface area contributed by atoms with E-state index in [4.69, 9.17) is 9.47 Å². The largest absolute Gasteiger partial charge is 0.462 e. The fourth-order valence-corrected chi connectivity index (χ4v) is 6.95. The van der Waals surface area contributed by atoms with Crippen LogP contribution in [0.3, 0.4) is 0 Å². The quantitative estimate of drug-likeness (QED) is 0.0803. The van der Waals surface area contributed by atoms with Crippen LogP contribution < -0.4 is 9.80 Å². The highest BCUT2D eigenvalue weighted by Gasteiger charge is 2.13. The molecule has 0 saturated heterocycles. The zero-order valence-electron chi connectivity index (χ0n) is 36.0. The minimum absolute atomic E-state index is 0.292. The van der Waals surface area contributed by atoms with E-state index >= 15 is 0 Å². The van der Waals surface area contributed by atoms with Crippen molar-refractivity contribution >= 4 is 70.4 Å². The van der Waals surface area contributed by atoms with Crippen LogP contribution in [0.1, 0.15) is 56.8 Å². The molecule has 0 aliphatic heterocycles. The van der Waals surface area contributed by atoms with E-state index < -0.39 is 0 Å². The number of hydrogen-bond acceptors (Lipinski definition) is 6. The molecule has 0 N–H and O–H groups in total. The van der Waals surface area contributed by atoms with Gasteiger partial charge in [0.2, 0.25) is 0 Å². The molecule has 0 amide bonds. The third-order valence-corrected chi connectivity index (χ3v) is 10.1. The van der Waals surface area contributed by atoms with Crippen molar-refractivity contribution in [2.24, 2.45) is 0 Å². The van der Waals surface area contributed by atoms with Crippen LogP contribution in [0, 0.1) is 0 Å². The molecule has 316 valence electrons. The van der Waals surface area contributed by atoms with Gasteiger partial charge < -0.3 is 19.3 Å². The molecule has 8 aromatic carbocycles. The lowest BCUT2D eigenvalue weighted by Crippen LogP contribution is -2.09. The maximum absolute atomic E-state index is 11.8. The first-order chi connectivity index (χ1) is 31.5. The van der Waals surface area contributed by atoms with Crippen LogP contribution in [-0.4, -0.2) is 25.2 Å². The average Bonchev–Trinajstić information content (AvgIpc) is 3.36. The number of hydrogen-bond donors (Lipinski definition) is 0. The lowest BCUT2D eigenvalue weighted by molar-refractivity contribution is 0.0516. The maximum atomic E-state index is 11.8. The fraction of sp³-hybridized carbons (Fsp3) is 0.0690. The Morgan fingerprint density at radius 3 is 0.781 bits per heavy atom. The van der Waals surface area contributed by atoms with E-state index in [9.17, 15) is 9.59 Å². The Labute approximate surface area is 376 Å². The summed E-state index contributed by atoms with van der Waals surface area (Å²) in [5.74, 6) is -0.583. The molecule has 6 heteroatoms. The summed E-state index contributed by atoms with van der Waals surface area (Å²) in [6.07, 6.45) is 8.21. The van der Waals surface area contributed by atoms with E-state index in [1.807, 2.05) is 60.7 Å². The molecular weight excluding hydrogens is 789 g/mol. The van der Waals surface area contributed by atoms with Crippen molar-refractivity contribution in [1.29, 1.82) is 0 Å². The number of rotatable bonds is 14. The number of anilines is 6. The minimum Gasteiger partial charge on any atom is -0.462 e. The molecule has 0 saturated carbocycles. The third-order valence-electron chi connectivity index (χ3n) is 10.1. The van der Waals surface area contributed by atoms with Crippen LogP contribution >= 0.6 is 0 Å². The van der Waals surface area contributed by atoms with Gasteiger partial charge in [0.05, 0.1) is 24.3 Å².